The van der Waals surface area contributed by atoms with Gasteiger partial charge in [0.25, 0.3) is 5.56 Å². The third kappa shape index (κ3) is 4.66. The van der Waals surface area contributed by atoms with Gasteiger partial charge in [-0.1, -0.05) is 30.8 Å². The second kappa shape index (κ2) is 8.90. The van der Waals surface area contributed by atoms with Crippen molar-refractivity contribution < 1.29 is 18.0 Å². The molecule has 0 bridgehead atoms. The SMILES string of the molecule is CCCn1c(SCC(=O)Nc2ccccc2C(F)(F)F)nc2cn(CC)nc2c1=O. The fourth-order valence-corrected chi connectivity index (χ4v) is 3.70. The van der Waals surface area contributed by atoms with Crippen LogP contribution in [0.2, 0.25) is 0 Å². The van der Waals surface area contributed by atoms with Crippen LogP contribution in [0.4, 0.5) is 18.9 Å². The number of hydrogen-bond donors (Lipinski definition) is 1. The number of carbonyl (C=O) groups excluding carboxylic acids is 1. The minimum absolute atomic E-state index is 0.199. The molecule has 0 saturated carbocycles. The van der Waals surface area contributed by atoms with Crippen LogP contribution in [0.15, 0.2) is 40.4 Å². The van der Waals surface area contributed by atoms with Crippen molar-refractivity contribution in [2.24, 2.45) is 0 Å². The van der Waals surface area contributed by atoms with E-state index >= 15 is 0 Å². The van der Waals surface area contributed by atoms with Crippen LogP contribution in [0.5, 0.6) is 0 Å². The molecule has 0 atom stereocenters. The van der Waals surface area contributed by atoms with Crippen LogP contribution in [0.25, 0.3) is 11.0 Å². The van der Waals surface area contributed by atoms with Crippen molar-refractivity contribution in [2.45, 2.75) is 44.7 Å². The molecule has 0 aliphatic carbocycles. The molecule has 1 aromatic carbocycles. The second-order valence-electron chi connectivity index (χ2n) is 6.45. The van der Waals surface area contributed by atoms with Gasteiger partial charge in [0.2, 0.25) is 5.91 Å². The molecule has 7 nitrogen and oxygen atoms in total. The lowest BCUT2D eigenvalue weighted by Gasteiger charge is -2.14. The first-order valence-corrected chi connectivity index (χ1v) is 10.3. The molecule has 0 unspecified atom stereocenters. The molecular formula is C19H20F3N5O2S. The van der Waals surface area contributed by atoms with Gasteiger partial charge >= 0.3 is 6.18 Å². The summed E-state index contributed by atoms with van der Waals surface area (Å²) in [5, 5.41) is 6.84. The van der Waals surface area contributed by atoms with E-state index in [9.17, 15) is 22.8 Å². The largest absolute Gasteiger partial charge is 0.418 e. The zero-order chi connectivity index (χ0) is 21.9. The number of thioether (sulfide) groups is 1. The quantitative estimate of drug-likeness (QED) is 0.448. The van der Waals surface area contributed by atoms with Crippen molar-refractivity contribution in [3.05, 3.63) is 46.4 Å². The Bertz CT molecular complexity index is 1120. The highest BCUT2D eigenvalue weighted by Crippen LogP contribution is 2.34. The fourth-order valence-electron chi connectivity index (χ4n) is 2.87. The molecule has 0 spiro atoms. The van der Waals surface area contributed by atoms with Crippen molar-refractivity contribution in [3.63, 3.8) is 0 Å². The maximum Gasteiger partial charge on any atom is 0.418 e. The Morgan fingerprint density at radius 3 is 2.63 bits per heavy atom. The molecule has 1 N–H and O–H groups in total. The van der Waals surface area contributed by atoms with Gasteiger partial charge < -0.3 is 5.32 Å². The van der Waals surface area contributed by atoms with Gasteiger partial charge in [-0.3, -0.25) is 18.8 Å². The van der Waals surface area contributed by atoms with Gasteiger partial charge in [-0.05, 0) is 25.5 Å². The number of aryl methyl sites for hydroxylation is 1. The number of nitrogens with one attached hydrogen (secondary N) is 1. The van der Waals surface area contributed by atoms with Gasteiger partial charge in [0.05, 0.1) is 23.2 Å². The van der Waals surface area contributed by atoms with E-state index in [4.69, 9.17) is 0 Å². The van der Waals surface area contributed by atoms with E-state index in [2.05, 4.69) is 15.4 Å². The number of aromatic nitrogens is 4. The molecule has 2 heterocycles. The van der Waals surface area contributed by atoms with Gasteiger partial charge in [0.15, 0.2) is 10.7 Å². The third-order valence-electron chi connectivity index (χ3n) is 4.25. The van der Waals surface area contributed by atoms with Crippen LogP contribution in [-0.2, 0) is 24.1 Å². The molecule has 0 saturated heterocycles. The van der Waals surface area contributed by atoms with Gasteiger partial charge in [-0.25, -0.2) is 4.98 Å². The van der Waals surface area contributed by atoms with Crippen LogP contribution in [0.1, 0.15) is 25.8 Å². The Labute approximate surface area is 174 Å². The minimum atomic E-state index is -4.58. The Hall–Kier alpha value is -2.82. The highest BCUT2D eigenvalue weighted by atomic mass is 32.2. The normalized spacial score (nSPS) is 11.8. The number of para-hydroxylation sites is 1. The molecule has 3 rings (SSSR count). The molecule has 160 valence electrons. The number of rotatable bonds is 7. The van der Waals surface area contributed by atoms with E-state index in [0.717, 1.165) is 17.8 Å². The number of halogens is 3. The summed E-state index contributed by atoms with van der Waals surface area (Å²) in [5.74, 6) is -0.825. The molecular weight excluding hydrogens is 419 g/mol. The lowest BCUT2D eigenvalue weighted by Crippen LogP contribution is -2.24. The molecule has 0 aliphatic heterocycles. The summed E-state index contributed by atoms with van der Waals surface area (Å²) < 4.78 is 42.3. The molecule has 2 aromatic heterocycles. The standard InChI is InChI=1S/C19H20F3N5O2S/c1-3-9-27-17(29)16-14(10-26(4-2)25-16)24-18(27)30-11-15(28)23-13-8-6-5-7-12(13)19(20,21)22/h5-8,10H,3-4,9,11H2,1-2H3,(H,23,28). The summed E-state index contributed by atoms with van der Waals surface area (Å²) in [6, 6.07) is 4.77. The average molecular weight is 439 g/mol. The van der Waals surface area contributed by atoms with E-state index in [1.807, 2.05) is 13.8 Å². The second-order valence-corrected chi connectivity index (χ2v) is 7.39. The van der Waals surface area contributed by atoms with E-state index in [1.54, 1.807) is 10.9 Å². The van der Waals surface area contributed by atoms with Crippen molar-refractivity contribution in [3.8, 4) is 0 Å². The van der Waals surface area contributed by atoms with Gasteiger partial charge in [0.1, 0.15) is 5.52 Å². The van der Waals surface area contributed by atoms with Crippen LogP contribution in [0.3, 0.4) is 0 Å². The van der Waals surface area contributed by atoms with Gasteiger partial charge in [-0.2, -0.15) is 18.3 Å². The summed E-state index contributed by atoms with van der Waals surface area (Å²) >= 11 is 0.995. The van der Waals surface area contributed by atoms with E-state index in [0.29, 0.717) is 30.2 Å². The van der Waals surface area contributed by atoms with Crippen molar-refractivity contribution >= 4 is 34.4 Å². The summed E-state index contributed by atoms with van der Waals surface area (Å²) in [7, 11) is 0. The van der Waals surface area contributed by atoms with Crippen LogP contribution in [0, 0.1) is 0 Å². The van der Waals surface area contributed by atoms with Gasteiger partial charge in [-0.15, -0.1) is 0 Å². The lowest BCUT2D eigenvalue weighted by atomic mass is 10.1. The minimum Gasteiger partial charge on any atom is -0.325 e. The molecule has 11 heteroatoms. The van der Waals surface area contributed by atoms with E-state index in [1.165, 1.54) is 22.8 Å². The van der Waals surface area contributed by atoms with Crippen molar-refractivity contribution in [1.82, 2.24) is 19.3 Å². The molecule has 3 aromatic rings. The predicted octanol–water partition coefficient (Wildman–Crippen LogP) is 3.77. The number of amides is 1. The summed E-state index contributed by atoms with van der Waals surface area (Å²) in [5.41, 5.74) is -0.871. The van der Waals surface area contributed by atoms with E-state index in [-0.39, 0.29) is 22.5 Å². The zero-order valence-electron chi connectivity index (χ0n) is 16.4. The average Bonchev–Trinajstić information content (AvgIpc) is 3.12. The number of fused-ring (bicyclic) bond motifs is 1. The first kappa shape index (κ1) is 21.9. The molecule has 0 fully saturated rings. The number of anilines is 1. The van der Waals surface area contributed by atoms with Crippen LogP contribution >= 0.6 is 11.8 Å². The first-order chi connectivity index (χ1) is 14.2. The Morgan fingerprint density at radius 2 is 1.97 bits per heavy atom. The number of alkyl halides is 3. The van der Waals surface area contributed by atoms with Gasteiger partial charge in [0, 0.05) is 13.1 Å². The fraction of sp³-hybridized carbons (Fsp3) is 0.368. The summed E-state index contributed by atoms with van der Waals surface area (Å²) in [4.78, 5) is 29.5. The molecule has 30 heavy (non-hydrogen) atoms. The number of hydrogen-bond acceptors (Lipinski definition) is 5. The highest BCUT2D eigenvalue weighted by Gasteiger charge is 2.33. The number of nitrogens with zero attached hydrogens (tertiary/aromatic N) is 4. The number of carbonyl (C=O) groups is 1. The van der Waals surface area contributed by atoms with Crippen LogP contribution in [-0.4, -0.2) is 31.0 Å². The zero-order valence-corrected chi connectivity index (χ0v) is 17.2. The van der Waals surface area contributed by atoms with Crippen molar-refractivity contribution in [2.75, 3.05) is 11.1 Å². The molecule has 0 aliphatic rings. The van der Waals surface area contributed by atoms with Crippen LogP contribution < -0.4 is 10.9 Å². The molecule has 1 amide bonds. The lowest BCUT2D eigenvalue weighted by molar-refractivity contribution is -0.137. The smallest absolute Gasteiger partial charge is 0.325 e. The Kier molecular flexibility index (Phi) is 6.49. The van der Waals surface area contributed by atoms with Crippen molar-refractivity contribution in [1.29, 1.82) is 0 Å². The molecule has 0 radical (unpaired) electrons. The third-order valence-corrected chi connectivity index (χ3v) is 5.22. The summed E-state index contributed by atoms with van der Waals surface area (Å²) in [6.45, 7) is 4.75. The van der Waals surface area contributed by atoms with E-state index < -0.39 is 17.6 Å². The summed E-state index contributed by atoms with van der Waals surface area (Å²) in [6.07, 6.45) is -2.26. The first-order valence-electron chi connectivity index (χ1n) is 9.31. The topological polar surface area (TPSA) is 81.8 Å². The predicted molar refractivity (Wildman–Crippen MR) is 109 cm³/mol. The maximum absolute atomic E-state index is 13.1. The number of benzene rings is 1. The highest BCUT2D eigenvalue weighted by molar-refractivity contribution is 7.99. The monoisotopic (exact) mass is 439 g/mol. The maximum atomic E-state index is 13.1. The Morgan fingerprint density at radius 1 is 1.23 bits per heavy atom. The Balaban J connectivity index is 1.82.